The number of guanidine groups is 1. The number of methoxy groups -OCH3 is 3. The summed E-state index contributed by atoms with van der Waals surface area (Å²) >= 11 is 0. The Bertz CT molecular complexity index is 797. The number of halogens is 1. The van der Waals surface area contributed by atoms with Crippen LogP contribution in [-0.4, -0.2) is 40.4 Å². The molecule has 2 N–H and O–H groups in total. The van der Waals surface area contributed by atoms with Crippen molar-refractivity contribution in [3.8, 4) is 17.2 Å². The number of benzene rings is 2. The molecule has 0 unspecified atom stereocenters. The fourth-order valence-corrected chi connectivity index (χ4v) is 2.91. The fourth-order valence-electron chi connectivity index (χ4n) is 2.91. The molecule has 0 heterocycles. The molecule has 29 heavy (non-hydrogen) atoms. The van der Waals surface area contributed by atoms with Crippen molar-refractivity contribution < 1.29 is 14.2 Å². The minimum absolute atomic E-state index is 0. The normalized spacial score (nSPS) is 10.7. The molecule has 2 aromatic rings. The van der Waals surface area contributed by atoms with E-state index >= 15 is 0 Å². The van der Waals surface area contributed by atoms with Crippen molar-refractivity contribution in [2.75, 3.05) is 34.4 Å². The zero-order chi connectivity index (χ0) is 20.4. The van der Waals surface area contributed by atoms with Crippen molar-refractivity contribution in [2.24, 2.45) is 4.99 Å². The molecule has 6 nitrogen and oxygen atoms in total. The largest absolute Gasteiger partial charge is 0.496 e. The molecule has 0 aliphatic rings. The second-order valence-electron chi connectivity index (χ2n) is 6.37. The van der Waals surface area contributed by atoms with Gasteiger partial charge in [-0.25, -0.2) is 4.99 Å². The monoisotopic (exact) mass is 513 g/mol. The Hall–Kier alpha value is -2.16. The Morgan fingerprint density at radius 2 is 1.52 bits per heavy atom. The van der Waals surface area contributed by atoms with E-state index in [4.69, 9.17) is 14.2 Å². The summed E-state index contributed by atoms with van der Waals surface area (Å²) in [6.45, 7) is 6.28. The van der Waals surface area contributed by atoms with Crippen LogP contribution in [0.15, 0.2) is 41.4 Å². The fraction of sp³-hybridized carbons (Fsp3) is 0.409. The summed E-state index contributed by atoms with van der Waals surface area (Å²) in [4.78, 5) is 4.68. The molecule has 0 saturated heterocycles. The summed E-state index contributed by atoms with van der Waals surface area (Å²) in [5, 5.41) is 6.67. The van der Waals surface area contributed by atoms with Crippen molar-refractivity contribution in [1.29, 1.82) is 0 Å². The van der Waals surface area contributed by atoms with E-state index in [0.29, 0.717) is 6.54 Å². The Morgan fingerprint density at radius 3 is 2.14 bits per heavy atom. The van der Waals surface area contributed by atoms with E-state index < -0.39 is 0 Å². The molecule has 0 aliphatic carbocycles. The van der Waals surface area contributed by atoms with Crippen LogP contribution < -0.4 is 24.8 Å². The first-order valence-corrected chi connectivity index (χ1v) is 9.47. The summed E-state index contributed by atoms with van der Waals surface area (Å²) in [6.07, 6.45) is 0.854. The third-order valence-electron chi connectivity index (χ3n) is 4.38. The zero-order valence-corrected chi connectivity index (χ0v) is 20.2. The van der Waals surface area contributed by atoms with Crippen LogP contribution in [-0.2, 0) is 13.0 Å². The van der Waals surface area contributed by atoms with E-state index in [0.717, 1.165) is 53.8 Å². The first-order chi connectivity index (χ1) is 13.6. The average molecular weight is 513 g/mol. The van der Waals surface area contributed by atoms with Crippen LogP contribution >= 0.6 is 24.0 Å². The van der Waals surface area contributed by atoms with Gasteiger partial charge in [0.15, 0.2) is 17.5 Å². The van der Waals surface area contributed by atoms with Crippen molar-refractivity contribution in [3.05, 3.63) is 53.1 Å². The predicted octanol–water partition coefficient (Wildman–Crippen LogP) is 3.94. The van der Waals surface area contributed by atoms with Crippen LogP contribution in [0, 0.1) is 6.92 Å². The molecule has 0 radical (unpaired) electrons. The van der Waals surface area contributed by atoms with Gasteiger partial charge in [-0.3, -0.25) is 0 Å². The smallest absolute Gasteiger partial charge is 0.191 e. The van der Waals surface area contributed by atoms with E-state index in [9.17, 15) is 0 Å². The van der Waals surface area contributed by atoms with Gasteiger partial charge in [0.25, 0.3) is 0 Å². The Morgan fingerprint density at radius 1 is 0.862 bits per heavy atom. The number of rotatable bonds is 9. The molecular weight excluding hydrogens is 481 g/mol. The summed E-state index contributed by atoms with van der Waals surface area (Å²) in [7, 11) is 4.98. The molecule has 160 valence electrons. The maximum atomic E-state index is 5.37. The van der Waals surface area contributed by atoms with E-state index in [-0.39, 0.29) is 24.0 Å². The first-order valence-electron chi connectivity index (χ1n) is 9.47. The van der Waals surface area contributed by atoms with E-state index in [1.807, 2.05) is 37.3 Å². The highest BCUT2D eigenvalue weighted by Gasteiger charge is 2.05. The molecule has 2 rings (SSSR count). The maximum Gasteiger partial charge on any atom is 0.191 e. The molecule has 2 aromatic carbocycles. The van der Waals surface area contributed by atoms with Crippen LogP contribution in [0.5, 0.6) is 17.2 Å². The quantitative estimate of drug-likeness (QED) is 0.302. The average Bonchev–Trinajstić information content (AvgIpc) is 2.71. The van der Waals surface area contributed by atoms with Gasteiger partial charge in [0.05, 0.1) is 27.9 Å². The number of nitrogens with one attached hydrogen (secondary N) is 2. The van der Waals surface area contributed by atoms with Crippen LogP contribution in [0.4, 0.5) is 0 Å². The van der Waals surface area contributed by atoms with Crippen LogP contribution in [0.2, 0.25) is 0 Å². The molecule has 0 aromatic heterocycles. The topological polar surface area (TPSA) is 64.1 Å². The van der Waals surface area contributed by atoms with Crippen molar-refractivity contribution in [3.63, 3.8) is 0 Å². The Balaban J connectivity index is 0.00000420. The number of hydrogen-bond donors (Lipinski definition) is 2. The predicted molar refractivity (Wildman–Crippen MR) is 129 cm³/mol. The zero-order valence-electron chi connectivity index (χ0n) is 17.9. The third kappa shape index (κ3) is 7.64. The minimum Gasteiger partial charge on any atom is -0.496 e. The number of nitrogens with zero attached hydrogens (tertiary/aromatic N) is 1. The summed E-state index contributed by atoms with van der Waals surface area (Å²) in [6, 6.07) is 12.1. The van der Waals surface area contributed by atoms with E-state index in [1.54, 1.807) is 21.3 Å². The van der Waals surface area contributed by atoms with Gasteiger partial charge in [-0.1, -0.05) is 18.2 Å². The summed E-state index contributed by atoms with van der Waals surface area (Å²) in [5.41, 5.74) is 3.43. The molecular formula is C22H32IN3O3. The highest BCUT2D eigenvalue weighted by atomic mass is 127. The van der Waals surface area contributed by atoms with E-state index in [2.05, 4.69) is 28.6 Å². The lowest BCUT2D eigenvalue weighted by Crippen LogP contribution is -2.38. The van der Waals surface area contributed by atoms with Gasteiger partial charge < -0.3 is 24.8 Å². The lowest BCUT2D eigenvalue weighted by atomic mass is 10.1. The Labute approximate surface area is 191 Å². The first kappa shape index (κ1) is 24.9. The highest BCUT2D eigenvalue weighted by molar-refractivity contribution is 14.0. The van der Waals surface area contributed by atoms with Gasteiger partial charge >= 0.3 is 0 Å². The van der Waals surface area contributed by atoms with Crippen molar-refractivity contribution >= 4 is 29.9 Å². The molecule has 0 spiro atoms. The lowest BCUT2D eigenvalue weighted by molar-refractivity contribution is 0.354. The van der Waals surface area contributed by atoms with Gasteiger partial charge in [0, 0.05) is 13.1 Å². The van der Waals surface area contributed by atoms with Crippen LogP contribution in [0.3, 0.4) is 0 Å². The summed E-state index contributed by atoms with van der Waals surface area (Å²) < 4.78 is 16.0. The molecule has 0 fully saturated rings. The second kappa shape index (κ2) is 13.1. The van der Waals surface area contributed by atoms with Crippen LogP contribution in [0.25, 0.3) is 0 Å². The third-order valence-corrected chi connectivity index (χ3v) is 4.38. The Kier molecular flexibility index (Phi) is 11.3. The molecule has 0 saturated carbocycles. The van der Waals surface area contributed by atoms with Gasteiger partial charge in [-0.2, -0.15) is 0 Å². The molecule has 7 heteroatoms. The molecule has 0 bridgehead atoms. The van der Waals surface area contributed by atoms with Gasteiger partial charge in [0.2, 0.25) is 0 Å². The standard InChI is InChI=1S/C22H31N3O3.HI/c1-6-23-22(25-15-18-8-9-19(26-3)16(2)13-18)24-12-11-17-7-10-20(27-4)21(14-17)28-5;/h7-10,13-14H,6,11-12,15H2,1-5H3,(H2,23,24,25);1H. The molecule has 0 aliphatic heterocycles. The number of ether oxygens (including phenoxy) is 3. The molecule has 0 atom stereocenters. The van der Waals surface area contributed by atoms with Gasteiger partial charge in [-0.05, 0) is 55.2 Å². The minimum atomic E-state index is 0. The SMILES string of the molecule is CCNC(=NCc1ccc(OC)c(C)c1)NCCc1ccc(OC)c(OC)c1.I. The lowest BCUT2D eigenvalue weighted by Gasteiger charge is -2.13. The number of aryl methyl sites for hydroxylation is 1. The second-order valence-corrected chi connectivity index (χ2v) is 6.37. The number of hydrogen-bond acceptors (Lipinski definition) is 4. The number of aliphatic imine (C=N–C) groups is 1. The van der Waals surface area contributed by atoms with Gasteiger partial charge in [-0.15, -0.1) is 24.0 Å². The summed E-state index contributed by atoms with van der Waals surface area (Å²) in [5.74, 6) is 3.18. The van der Waals surface area contributed by atoms with E-state index in [1.165, 1.54) is 5.56 Å². The van der Waals surface area contributed by atoms with Crippen molar-refractivity contribution in [1.82, 2.24) is 10.6 Å². The van der Waals surface area contributed by atoms with Crippen molar-refractivity contribution in [2.45, 2.75) is 26.8 Å². The molecule has 0 amide bonds. The van der Waals surface area contributed by atoms with Gasteiger partial charge in [0.1, 0.15) is 5.75 Å². The maximum absolute atomic E-state index is 5.37. The highest BCUT2D eigenvalue weighted by Crippen LogP contribution is 2.27. The van der Waals surface area contributed by atoms with Crippen LogP contribution in [0.1, 0.15) is 23.6 Å².